The number of phenols is 1. The largest absolute Gasteiger partial charge is 0.508 e. The van der Waals surface area contributed by atoms with Crippen LogP contribution in [0.1, 0.15) is 0 Å². The van der Waals surface area contributed by atoms with Gasteiger partial charge in [-0.2, -0.15) is 0 Å². The zero-order chi connectivity index (χ0) is 11.4. The summed E-state index contributed by atoms with van der Waals surface area (Å²) in [6.45, 7) is 0. The molecule has 0 amide bonds. The van der Waals surface area contributed by atoms with Crippen molar-refractivity contribution >= 4 is 23.3 Å². The van der Waals surface area contributed by atoms with Crippen molar-refractivity contribution in [3.8, 4) is 5.75 Å². The molecule has 0 radical (unpaired) electrons. The SMILES string of the molecule is N=C(N)N.N=C=S.Oc1ccccc1. The van der Waals surface area contributed by atoms with Gasteiger partial charge < -0.3 is 16.6 Å². The van der Waals surface area contributed by atoms with Crippen LogP contribution in [0, 0.1) is 10.8 Å². The first kappa shape index (κ1) is 14.6. The van der Waals surface area contributed by atoms with Crippen LogP contribution in [0.15, 0.2) is 30.3 Å². The standard InChI is InChI=1S/C6H6O.CH5N3.CHNS/c7-6-4-2-1-3-5-6;2-1(3)4;2-1-3/h1-5,7H;(H5,2,3,4);2H. The molecular weight excluding hydrogens is 200 g/mol. The fourth-order valence-electron chi connectivity index (χ4n) is 0.428. The van der Waals surface area contributed by atoms with Crippen LogP contribution in [-0.4, -0.2) is 16.2 Å². The Hall–Kier alpha value is -1.91. The molecule has 0 atom stereocenters. The minimum Gasteiger partial charge on any atom is -0.508 e. The summed E-state index contributed by atoms with van der Waals surface area (Å²) in [6, 6.07) is 8.71. The Morgan fingerprint density at radius 2 is 1.57 bits per heavy atom. The molecule has 0 aliphatic rings. The summed E-state index contributed by atoms with van der Waals surface area (Å²) in [5.74, 6) is -0.0116. The monoisotopic (exact) mass is 212 g/mol. The summed E-state index contributed by atoms with van der Waals surface area (Å²) >= 11 is 3.81. The summed E-state index contributed by atoms with van der Waals surface area (Å²) in [7, 11) is 0. The molecule has 0 aromatic heterocycles. The van der Waals surface area contributed by atoms with Gasteiger partial charge in [0.15, 0.2) is 5.96 Å². The molecule has 1 aromatic rings. The van der Waals surface area contributed by atoms with Crippen LogP contribution in [-0.2, 0) is 0 Å². The van der Waals surface area contributed by atoms with Crippen molar-refractivity contribution in [3.05, 3.63) is 30.3 Å². The van der Waals surface area contributed by atoms with Crippen molar-refractivity contribution < 1.29 is 5.11 Å². The molecule has 6 heteroatoms. The number of para-hydroxylation sites is 1. The van der Waals surface area contributed by atoms with Crippen molar-refractivity contribution in [1.29, 1.82) is 10.8 Å². The van der Waals surface area contributed by atoms with Crippen LogP contribution in [0.5, 0.6) is 5.75 Å². The molecule has 76 valence electrons. The topological polar surface area (TPSA) is 120 Å². The zero-order valence-electron chi connectivity index (χ0n) is 7.40. The molecule has 0 saturated carbocycles. The van der Waals surface area contributed by atoms with Gasteiger partial charge in [0.1, 0.15) is 5.75 Å². The van der Waals surface area contributed by atoms with Crippen molar-refractivity contribution in [2.75, 3.05) is 0 Å². The number of benzene rings is 1. The minimum absolute atomic E-state index is 0.322. The molecule has 5 nitrogen and oxygen atoms in total. The number of nitrogens with two attached hydrogens (primary N) is 2. The van der Waals surface area contributed by atoms with E-state index < -0.39 is 0 Å². The lowest BCUT2D eigenvalue weighted by molar-refractivity contribution is 0.475. The predicted molar refractivity (Wildman–Crippen MR) is 59.5 cm³/mol. The van der Waals surface area contributed by atoms with Crippen molar-refractivity contribution in [3.63, 3.8) is 0 Å². The first-order chi connectivity index (χ1) is 6.54. The molecule has 0 heterocycles. The van der Waals surface area contributed by atoms with Crippen LogP contribution in [0.4, 0.5) is 0 Å². The number of nitrogens with one attached hydrogen (secondary N) is 2. The molecule has 0 spiro atoms. The lowest BCUT2D eigenvalue weighted by Gasteiger charge is -1.82. The number of hydrogen-bond acceptors (Lipinski definition) is 4. The quantitative estimate of drug-likeness (QED) is 0.249. The van der Waals surface area contributed by atoms with Crippen LogP contribution in [0.25, 0.3) is 0 Å². The second-order valence-corrected chi connectivity index (χ2v) is 2.10. The third kappa shape index (κ3) is 22.5. The van der Waals surface area contributed by atoms with E-state index in [9.17, 15) is 0 Å². The summed E-state index contributed by atoms with van der Waals surface area (Å²) in [4.78, 5) is 0. The van der Waals surface area contributed by atoms with Gasteiger partial charge in [-0.05, 0) is 24.4 Å². The van der Waals surface area contributed by atoms with E-state index in [-0.39, 0.29) is 5.96 Å². The number of rotatable bonds is 0. The van der Waals surface area contributed by atoms with E-state index in [0.29, 0.717) is 5.75 Å². The number of guanidine groups is 1. The fraction of sp³-hybridized carbons (Fsp3) is 0. The van der Waals surface area contributed by atoms with Crippen molar-refractivity contribution in [2.45, 2.75) is 0 Å². The number of aromatic hydroxyl groups is 1. The molecule has 0 fully saturated rings. The van der Waals surface area contributed by atoms with Gasteiger partial charge in [-0.3, -0.25) is 5.41 Å². The molecule has 0 bridgehead atoms. The molecule has 0 saturated heterocycles. The Labute approximate surface area is 87.4 Å². The Kier molecular flexibility index (Phi) is 11.6. The van der Waals surface area contributed by atoms with E-state index in [0.717, 1.165) is 0 Å². The molecule has 7 N–H and O–H groups in total. The van der Waals surface area contributed by atoms with E-state index in [1.807, 2.05) is 6.07 Å². The van der Waals surface area contributed by atoms with Crippen LogP contribution in [0.2, 0.25) is 0 Å². The minimum atomic E-state index is -0.333. The number of thiocarbonyl (C=S) groups is 1. The molecule has 0 unspecified atom stereocenters. The highest BCUT2D eigenvalue weighted by Crippen LogP contribution is 2.02. The van der Waals surface area contributed by atoms with Gasteiger partial charge in [-0.1, -0.05) is 18.2 Å². The molecule has 0 aliphatic heterocycles. The van der Waals surface area contributed by atoms with E-state index in [1.54, 1.807) is 29.4 Å². The average molecular weight is 212 g/mol. The Morgan fingerprint density at radius 1 is 1.29 bits per heavy atom. The maximum atomic E-state index is 8.63. The van der Waals surface area contributed by atoms with Gasteiger partial charge in [0, 0.05) is 0 Å². The smallest absolute Gasteiger partial charge is 0.183 e. The first-order valence-electron chi connectivity index (χ1n) is 3.42. The molecule has 1 aromatic carbocycles. The maximum absolute atomic E-state index is 8.63. The lowest BCUT2D eigenvalue weighted by Crippen LogP contribution is -2.20. The van der Waals surface area contributed by atoms with Gasteiger partial charge in [-0.15, -0.1) is 0 Å². The summed E-state index contributed by atoms with van der Waals surface area (Å²) in [5.41, 5.74) is 8.94. The van der Waals surface area contributed by atoms with Gasteiger partial charge in [0.05, 0.1) is 5.16 Å². The highest BCUT2D eigenvalue weighted by Gasteiger charge is 1.74. The number of isothiocyanates is 1. The second-order valence-electron chi connectivity index (χ2n) is 1.89. The summed E-state index contributed by atoms with van der Waals surface area (Å²) in [6.07, 6.45) is 0. The van der Waals surface area contributed by atoms with Gasteiger partial charge in [-0.25, -0.2) is 5.41 Å². The van der Waals surface area contributed by atoms with Crippen LogP contribution >= 0.6 is 12.2 Å². The fourth-order valence-corrected chi connectivity index (χ4v) is 0.428. The highest BCUT2D eigenvalue weighted by atomic mass is 32.1. The van der Waals surface area contributed by atoms with Gasteiger partial charge in [0.2, 0.25) is 0 Å². The van der Waals surface area contributed by atoms with Crippen LogP contribution in [0.3, 0.4) is 0 Å². The maximum Gasteiger partial charge on any atom is 0.183 e. The highest BCUT2D eigenvalue weighted by molar-refractivity contribution is 7.78. The van der Waals surface area contributed by atoms with Crippen molar-refractivity contribution in [2.24, 2.45) is 11.5 Å². The van der Waals surface area contributed by atoms with Crippen molar-refractivity contribution in [1.82, 2.24) is 0 Å². The molecule has 1 rings (SSSR count). The lowest BCUT2D eigenvalue weighted by atomic mass is 10.3. The van der Waals surface area contributed by atoms with Crippen LogP contribution < -0.4 is 11.5 Å². The Morgan fingerprint density at radius 3 is 1.71 bits per heavy atom. The van der Waals surface area contributed by atoms with E-state index in [1.165, 1.54) is 0 Å². The summed E-state index contributed by atoms with van der Waals surface area (Å²) in [5, 5.41) is 22.0. The Bertz CT molecular complexity index is 279. The normalized spacial score (nSPS) is 6.57. The zero-order valence-corrected chi connectivity index (χ0v) is 8.21. The van der Waals surface area contributed by atoms with Gasteiger partial charge in [0.25, 0.3) is 0 Å². The third-order valence-corrected chi connectivity index (χ3v) is 0.756. The first-order valence-corrected chi connectivity index (χ1v) is 3.82. The third-order valence-electron chi connectivity index (χ3n) is 0.756. The van der Waals surface area contributed by atoms with E-state index >= 15 is 0 Å². The number of phenolic OH excluding ortho intramolecular Hbond substituents is 1. The summed E-state index contributed by atoms with van der Waals surface area (Å²) < 4.78 is 0. The molecule has 0 aliphatic carbocycles. The second kappa shape index (κ2) is 11.1. The number of hydrogen-bond donors (Lipinski definition) is 5. The Balaban J connectivity index is 0. The van der Waals surface area contributed by atoms with E-state index in [4.69, 9.17) is 15.9 Å². The predicted octanol–water partition coefficient (Wildman–Crippen LogP) is 0.899. The van der Waals surface area contributed by atoms with E-state index in [2.05, 4.69) is 23.7 Å². The molecular formula is C8H12N4OS. The van der Waals surface area contributed by atoms with Gasteiger partial charge >= 0.3 is 0 Å². The average Bonchev–Trinajstić information content (AvgIpc) is 2.05. The molecule has 14 heavy (non-hydrogen) atoms.